The fourth-order valence-electron chi connectivity index (χ4n) is 1.86. The van der Waals surface area contributed by atoms with Crippen molar-refractivity contribution in [2.45, 2.75) is 12.8 Å². The van der Waals surface area contributed by atoms with Crippen LogP contribution < -0.4 is 0 Å². The predicted molar refractivity (Wildman–Crippen MR) is 65.8 cm³/mol. The summed E-state index contributed by atoms with van der Waals surface area (Å²) in [4.78, 5) is 11.1. The molecular weight excluding hydrogens is 270 g/mol. The van der Waals surface area contributed by atoms with Gasteiger partial charge < -0.3 is 10.2 Å². The molecule has 0 spiro atoms. The molecule has 0 bridgehead atoms. The topological polar surface area (TPSA) is 75.3 Å². The van der Waals surface area contributed by atoms with Gasteiger partial charge in [0, 0.05) is 18.4 Å². The molecule has 106 valence electrons. The number of aromatic nitrogens is 2. The molecule has 7 heteroatoms. The molecule has 0 saturated carbocycles. The molecule has 1 heterocycles. The van der Waals surface area contributed by atoms with E-state index in [4.69, 9.17) is 10.2 Å². The Bertz CT molecular complexity index is 620. The number of aryl methyl sites for hydroxylation is 1. The Morgan fingerprint density at radius 1 is 1.30 bits per heavy atom. The summed E-state index contributed by atoms with van der Waals surface area (Å²) in [5.41, 5.74) is -0.388. The van der Waals surface area contributed by atoms with E-state index in [-0.39, 0.29) is 18.7 Å². The standard InChI is InChI=1S/C13H12F2N2O3/c14-9-4-1-5-10(15)12(9)17-7-8(3-2-6-18)11(16-17)13(19)20/h1,4-5,7,18H,2-3,6H2,(H,19,20). The number of carbonyl (C=O) groups is 1. The van der Waals surface area contributed by atoms with Crippen molar-refractivity contribution >= 4 is 5.97 Å². The third-order valence-electron chi connectivity index (χ3n) is 2.76. The average Bonchev–Trinajstić information content (AvgIpc) is 2.80. The zero-order valence-corrected chi connectivity index (χ0v) is 10.4. The highest BCUT2D eigenvalue weighted by Crippen LogP contribution is 2.19. The first-order valence-corrected chi connectivity index (χ1v) is 5.91. The number of carboxylic acids is 1. The lowest BCUT2D eigenvalue weighted by Gasteiger charge is -2.03. The van der Waals surface area contributed by atoms with Gasteiger partial charge in [-0.05, 0) is 25.0 Å². The number of nitrogens with zero attached hydrogens (tertiary/aromatic N) is 2. The van der Waals surface area contributed by atoms with Gasteiger partial charge in [0.2, 0.25) is 0 Å². The van der Waals surface area contributed by atoms with E-state index in [0.717, 1.165) is 16.8 Å². The maximum Gasteiger partial charge on any atom is 0.356 e. The maximum atomic E-state index is 13.6. The molecule has 2 aromatic rings. The van der Waals surface area contributed by atoms with E-state index in [2.05, 4.69) is 5.10 Å². The summed E-state index contributed by atoms with van der Waals surface area (Å²) in [6.45, 7) is -0.113. The molecule has 0 aliphatic rings. The van der Waals surface area contributed by atoms with E-state index in [1.807, 2.05) is 0 Å². The minimum absolute atomic E-state index is 0.113. The van der Waals surface area contributed by atoms with Crippen molar-refractivity contribution in [3.05, 3.63) is 47.3 Å². The molecule has 1 aromatic heterocycles. The normalized spacial score (nSPS) is 10.8. The van der Waals surface area contributed by atoms with Crippen LogP contribution in [0.3, 0.4) is 0 Å². The van der Waals surface area contributed by atoms with Crippen molar-refractivity contribution in [1.82, 2.24) is 9.78 Å². The Kier molecular flexibility index (Phi) is 4.09. The van der Waals surface area contributed by atoms with Crippen LogP contribution in [0.4, 0.5) is 8.78 Å². The van der Waals surface area contributed by atoms with Crippen LogP contribution in [-0.2, 0) is 6.42 Å². The van der Waals surface area contributed by atoms with Crippen molar-refractivity contribution in [2.75, 3.05) is 6.61 Å². The summed E-state index contributed by atoms with van der Waals surface area (Å²) >= 11 is 0. The lowest BCUT2D eigenvalue weighted by atomic mass is 10.1. The molecule has 1 aromatic carbocycles. The molecule has 0 aliphatic heterocycles. The van der Waals surface area contributed by atoms with Gasteiger partial charge in [-0.2, -0.15) is 5.10 Å². The van der Waals surface area contributed by atoms with Crippen molar-refractivity contribution in [3.63, 3.8) is 0 Å². The SMILES string of the molecule is O=C(O)c1nn(-c2c(F)cccc2F)cc1CCCO. The Labute approximate surface area is 113 Å². The predicted octanol–water partition coefficient (Wildman–Crippen LogP) is 1.77. The molecule has 2 N–H and O–H groups in total. The number of halogens is 2. The lowest BCUT2D eigenvalue weighted by Crippen LogP contribution is -2.05. The highest BCUT2D eigenvalue weighted by molar-refractivity contribution is 5.87. The van der Waals surface area contributed by atoms with Crippen LogP contribution in [0.25, 0.3) is 5.69 Å². The van der Waals surface area contributed by atoms with Gasteiger partial charge in [0.15, 0.2) is 17.3 Å². The summed E-state index contributed by atoms with van der Waals surface area (Å²) in [5.74, 6) is -2.95. The van der Waals surface area contributed by atoms with E-state index >= 15 is 0 Å². The van der Waals surface area contributed by atoms with Crippen LogP contribution in [0.2, 0.25) is 0 Å². The number of hydrogen-bond acceptors (Lipinski definition) is 3. The number of carboxylic acid groups (broad SMARTS) is 1. The number of para-hydroxylation sites is 1. The van der Waals surface area contributed by atoms with E-state index < -0.39 is 23.3 Å². The number of hydrogen-bond donors (Lipinski definition) is 2. The molecule has 20 heavy (non-hydrogen) atoms. The molecule has 5 nitrogen and oxygen atoms in total. The van der Waals surface area contributed by atoms with Crippen molar-refractivity contribution in [1.29, 1.82) is 0 Å². The number of benzene rings is 1. The van der Waals surface area contributed by atoms with E-state index in [1.165, 1.54) is 12.3 Å². The molecule has 0 atom stereocenters. The Hall–Kier alpha value is -2.28. The first-order valence-electron chi connectivity index (χ1n) is 5.91. The highest BCUT2D eigenvalue weighted by Gasteiger charge is 2.19. The first kappa shape index (κ1) is 14.1. The van der Waals surface area contributed by atoms with E-state index in [1.54, 1.807) is 0 Å². The van der Waals surface area contributed by atoms with Crippen LogP contribution in [0.5, 0.6) is 0 Å². The summed E-state index contributed by atoms with van der Waals surface area (Å²) in [5, 5.41) is 21.5. The molecule has 0 fully saturated rings. The largest absolute Gasteiger partial charge is 0.476 e. The minimum atomic E-state index is -1.28. The smallest absolute Gasteiger partial charge is 0.356 e. The molecule has 0 aliphatic carbocycles. The monoisotopic (exact) mass is 282 g/mol. The highest BCUT2D eigenvalue weighted by atomic mass is 19.1. The summed E-state index contributed by atoms with van der Waals surface area (Å²) < 4.78 is 28.2. The number of aliphatic hydroxyl groups excluding tert-OH is 1. The van der Waals surface area contributed by atoms with Crippen LogP contribution in [0.15, 0.2) is 24.4 Å². The Morgan fingerprint density at radius 3 is 2.50 bits per heavy atom. The van der Waals surface area contributed by atoms with Gasteiger partial charge >= 0.3 is 5.97 Å². The quantitative estimate of drug-likeness (QED) is 0.876. The second kappa shape index (κ2) is 5.79. The second-order valence-corrected chi connectivity index (χ2v) is 4.15. The molecule has 0 unspecified atom stereocenters. The molecule has 2 rings (SSSR count). The van der Waals surface area contributed by atoms with E-state index in [0.29, 0.717) is 12.0 Å². The first-order chi connectivity index (χ1) is 9.54. The number of aliphatic hydroxyl groups is 1. The molecular formula is C13H12F2N2O3. The third kappa shape index (κ3) is 2.67. The van der Waals surface area contributed by atoms with Crippen LogP contribution in [-0.4, -0.2) is 32.6 Å². The average molecular weight is 282 g/mol. The van der Waals surface area contributed by atoms with E-state index in [9.17, 15) is 13.6 Å². The number of rotatable bonds is 5. The Morgan fingerprint density at radius 2 is 1.95 bits per heavy atom. The molecule has 0 amide bonds. The van der Waals surface area contributed by atoms with Crippen LogP contribution in [0, 0.1) is 11.6 Å². The fourth-order valence-corrected chi connectivity index (χ4v) is 1.86. The summed E-state index contributed by atoms with van der Waals surface area (Å²) in [6.07, 6.45) is 1.86. The van der Waals surface area contributed by atoms with Gasteiger partial charge in [-0.1, -0.05) is 6.07 Å². The minimum Gasteiger partial charge on any atom is -0.476 e. The lowest BCUT2D eigenvalue weighted by molar-refractivity contribution is 0.0688. The zero-order chi connectivity index (χ0) is 14.7. The van der Waals surface area contributed by atoms with Gasteiger partial charge in [-0.15, -0.1) is 0 Å². The van der Waals surface area contributed by atoms with Crippen molar-refractivity contribution in [2.24, 2.45) is 0 Å². The summed E-state index contributed by atoms with van der Waals surface area (Å²) in [7, 11) is 0. The maximum absolute atomic E-state index is 13.6. The van der Waals surface area contributed by atoms with Gasteiger partial charge in [-0.25, -0.2) is 18.3 Å². The van der Waals surface area contributed by atoms with Crippen LogP contribution >= 0.6 is 0 Å². The van der Waals surface area contributed by atoms with Gasteiger partial charge in [0.25, 0.3) is 0 Å². The van der Waals surface area contributed by atoms with Gasteiger partial charge in [0.05, 0.1) is 0 Å². The molecule has 0 radical (unpaired) electrons. The number of aromatic carboxylic acids is 1. The second-order valence-electron chi connectivity index (χ2n) is 4.15. The Balaban J connectivity index is 2.50. The third-order valence-corrected chi connectivity index (χ3v) is 2.76. The zero-order valence-electron chi connectivity index (χ0n) is 10.4. The summed E-state index contributed by atoms with van der Waals surface area (Å²) in [6, 6.07) is 3.34. The van der Waals surface area contributed by atoms with Crippen molar-refractivity contribution in [3.8, 4) is 5.69 Å². The van der Waals surface area contributed by atoms with Gasteiger partial charge in [0.1, 0.15) is 5.69 Å². The molecule has 0 saturated heterocycles. The van der Waals surface area contributed by atoms with Gasteiger partial charge in [-0.3, -0.25) is 0 Å². The van der Waals surface area contributed by atoms with Crippen LogP contribution in [0.1, 0.15) is 22.5 Å². The van der Waals surface area contributed by atoms with Crippen molar-refractivity contribution < 1.29 is 23.8 Å². The fraction of sp³-hybridized carbons (Fsp3) is 0.231.